The highest BCUT2D eigenvalue weighted by Crippen LogP contribution is 2.19. The van der Waals surface area contributed by atoms with Crippen molar-refractivity contribution in [2.75, 3.05) is 7.11 Å². The van der Waals surface area contributed by atoms with Crippen LogP contribution in [0.4, 0.5) is 0 Å². The Kier molecular flexibility index (Phi) is 5.87. The molecule has 0 aliphatic carbocycles. The lowest BCUT2D eigenvalue weighted by molar-refractivity contribution is -0.140. The molecule has 19 heavy (non-hydrogen) atoms. The Balaban J connectivity index is 2.49. The van der Waals surface area contributed by atoms with Crippen molar-refractivity contribution in [2.24, 2.45) is 0 Å². The minimum atomic E-state index is -0.176. The summed E-state index contributed by atoms with van der Waals surface area (Å²) in [6.07, 6.45) is 10.1. The third-order valence-electron chi connectivity index (χ3n) is 3.22. The van der Waals surface area contributed by atoms with E-state index in [-0.39, 0.29) is 5.97 Å². The number of hydrogen-bond acceptors (Lipinski definition) is 3. The Labute approximate surface area is 113 Å². The number of aromatic amines is 1. The molecule has 0 amide bonds. The summed E-state index contributed by atoms with van der Waals surface area (Å²) >= 11 is 0. The predicted octanol–water partition coefficient (Wildman–Crippen LogP) is 2.39. The van der Waals surface area contributed by atoms with E-state index in [9.17, 15) is 9.59 Å². The highest BCUT2D eigenvalue weighted by Gasteiger charge is 2.11. The van der Waals surface area contributed by atoms with E-state index in [0.717, 1.165) is 43.1 Å². The maximum Gasteiger partial charge on any atom is 0.305 e. The molecule has 1 aromatic rings. The average molecular weight is 261 g/mol. The molecule has 0 saturated heterocycles. The Bertz CT molecular complexity index is 494. The molecule has 1 rings (SSSR count). The zero-order valence-corrected chi connectivity index (χ0v) is 11.4. The SMILES string of the molecule is C#Cc1[nH]c(C=O)c(C)c1CCCCCC(=O)OC. The van der Waals surface area contributed by atoms with E-state index in [4.69, 9.17) is 6.42 Å². The number of aldehydes is 1. The van der Waals surface area contributed by atoms with Crippen molar-refractivity contribution in [1.82, 2.24) is 4.98 Å². The van der Waals surface area contributed by atoms with Crippen LogP contribution in [0.2, 0.25) is 0 Å². The Hall–Kier alpha value is -2.02. The predicted molar refractivity (Wildman–Crippen MR) is 73.0 cm³/mol. The minimum Gasteiger partial charge on any atom is -0.469 e. The molecule has 0 aliphatic heterocycles. The number of esters is 1. The molecule has 0 aliphatic rings. The summed E-state index contributed by atoms with van der Waals surface area (Å²) in [4.78, 5) is 24.7. The van der Waals surface area contributed by atoms with Gasteiger partial charge in [-0.05, 0) is 37.3 Å². The third kappa shape index (κ3) is 3.99. The molecule has 0 spiro atoms. The molecule has 1 heterocycles. The first-order valence-electron chi connectivity index (χ1n) is 6.34. The van der Waals surface area contributed by atoms with Gasteiger partial charge in [-0.25, -0.2) is 0 Å². The second-order valence-corrected chi connectivity index (χ2v) is 4.42. The van der Waals surface area contributed by atoms with Crippen molar-refractivity contribution >= 4 is 12.3 Å². The molecule has 102 valence electrons. The third-order valence-corrected chi connectivity index (χ3v) is 3.22. The Morgan fingerprint density at radius 2 is 2.16 bits per heavy atom. The molecular weight excluding hydrogens is 242 g/mol. The number of carbonyl (C=O) groups is 2. The van der Waals surface area contributed by atoms with Crippen LogP contribution in [0.25, 0.3) is 0 Å². The molecule has 0 fully saturated rings. The van der Waals surface area contributed by atoms with E-state index < -0.39 is 0 Å². The van der Waals surface area contributed by atoms with Crippen LogP contribution in [0, 0.1) is 19.3 Å². The van der Waals surface area contributed by atoms with Crippen LogP contribution < -0.4 is 0 Å². The van der Waals surface area contributed by atoms with Crippen LogP contribution in [0.15, 0.2) is 0 Å². The van der Waals surface area contributed by atoms with Crippen LogP contribution in [0.5, 0.6) is 0 Å². The average Bonchev–Trinajstić information content (AvgIpc) is 2.74. The molecule has 4 heteroatoms. The minimum absolute atomic E-state index is 0.176. The Morgan fingerprint density at radius 3 is 2.74 bits per heavy atom. The van der Waals surface area contributed by atoms with Gasteiger partial charge in [-0.3, -0.25) is 9.59 Å². The van der Waals surface area contributed by atoms with Crippen molar-refractivity contribution < 1.29 is 14.3 Å². The van der Waals surface area contributed by atoms with E-state index in [1.807, 2.05) is 6.92 Å². The number of H-pyrrole nitrogens is 1. The fourth-order valence-electron chi connectivity index (χ4n) is 2.06. The number of unbranched alkanes of at least 4 members (excludes halogenated alkanes) is 2. The van der Waals surface area contributed by atoms with Gasteiger partial charge < -0.3 is 9.72 Å². The van der Waals surface area contributed by atoms with Gasteiger partial charge in [0.05, 0.1) is 18.5 Å². The van der Waals surface area contributed by atoms with Crippen molar-refractivity contribution in [3.05, 3.63) is 22.5 Å². The van der Waals surface area contributed by atoms with Gasteiger partial charge in [0.1, 0.15) is 0 Å². The molecule has 1 N–H and O–H groups in total. The number of methoxy groups -OCH3 is 1. The lowest BCUT2D eigenvalue weighted by Gasteiger charge is -2.02. The molecule has 0 radical (unpaired) electrons. The summed E-state index contributed by atoms with van der Waals surface area (Å²) in [6, 6.07) is 0. The first kappa shape index (κ1) is 15.0. The van der Waals surface area contributed by atoms with Crippen LogP contribution in [0.1, 0.15) is 53.0 Å². The number of rotatable bonds is 7. The van der Waals surface area contributed by atoms with Gasteiger partial charge in [0, 0.05) is 6.42 Å². The fourth-order valence-corrected chi connectivity index (χ4v) is 2.06. The molecule has 0 aromatic carbocycles. The van der Waals surface area contributed by atoms with E-state index in [0.29, 0.717) is 17.8 Å². The van der Waals surface area contributed by atoms with Gasteiger partial charge in [0.15, 0.2) is 6.29 Å². The number of nitrogens with one attached hydrogen (secondary N) is 1. The highest BCUT2D eigenvalue weighted by atomic mass is 16.5. The first-order chi connectivity index (χ1) is 9.13. The van der Waals surface area contributed by atoms with Crippen LogP contribution >= 0.6 is 0 Å². The molecular formula is C15H19NO3. The zero-order valence-electron chi connectivity index (χ0n) is 11.4. The topological polar surface area (TPSA) is 59.2 Å². The molecule has 4 nitrogen and oxygen atoms in total. The monoisotopic (exact) mass is 261 g/mol. The molecule has 1 aromatic heterocycles. The number of carbonyl (C=O) groups excluding carboxylic acids is 2. The second-order valence-electron chi connectivity index (χ2n) is 4.42. The summed E-state index contributed by atoms with van der Waals surface area (Å²) in [5.74, 6) is 2.40. The van der Waals surface area contributed by atoms with Gasteiger partial charge in [-0.15, -0.1) is 6.42 Å². The van der Waals surface area contributed by atoms with Gasteiger partial charge in [0.25, 0.3) is 0 Å². The zero-order chi connectivity index (χ0) is 14.3. The van der Waals surface area contributed by atoms with E-state index >= 15 is 0 Å². The summed E-state index contributed by atoms with van der Waals surface area (Å²) in [5.41, 5.74) is 3.20. The van der Waals surface area contributed by atoms with Crippen molar-refractivity contribution in [2.45, 2.75) is 39.0 Å². The maximum absolute atomic E-state index is 10.9. The second kappa shape index (κ2) is 7.42. The van der Waals surface area contributed by atoms with E-state index in [1.165, 1.54) is 7.11 Å². The van der Waals surface area contributed by atoms with Gasteiger partial charge >= 0.3 is 5.97 Å². The number of ether oxygens (including phenoxy) is 1. The summed E-state index contributed by atoms with van der Waals surface area (Å²) in [5, 5.41) is 0. The Morgan fingerprint density at radius 1 is 1.42 bits per heavy atom. The fraction of sp³-hybridized carbons (Fsp3) is 0.467. The summed E-state index contributed by atoms with van der Waals surface area (Å²) < 4.78 is 4.58. The van der Waals surface area contributed by atoms with Gasteiger partial charge in [0.2, 0.25) is 0 Å². The van der Waals surface area contributed by atoms with Gasteiger partial charge in [-0.1, -0.05) is 12.3 Å². The van der Waals surface area contributed by atoms with Crippen molar-refractivity contribution in [3.63, 3.8) is 0 Å². The normalized spacial score (nSPS) is 9.95. The summed E-state index contributed by atoms with van der Waals surface area (Å²) in [7, 11) is 1.39. The van der Waals surface area contributed by atoms with Crippen molar-refractivity contribution in [3.8, 4) is 12.3 Å². The number of terminal acetylenes is 1. The lowest BCUT2D eigenvalue weighted by Crippen LogP contribution is -1.99. The largest absolute Gasteiger partial charge is 0.469 e. The van der Waals surface area contributed by atoms with Crippen LogP contribution in [-0.2, 0) is 16.0 Å². The van der Waals surface area contributed by atoms with E-state index in [1.54, 1.807) is 0 Å². The number of aromatic nitrogens is 1. The molecule has 0 bridgehead atoms. The van der Waals surface area contributed by atoms with Crippen LogP contribution in [0.3, 0.4) is 0 Å². The summed E-state index contributed by atoms with van der Waals surface area (Å²) in [6.45, 7) is 1.89. The van der Waals surface area contributed by atoms with Crippen molar-refractivity contribution in [1.29, 1.82) is 0 Å². The molecule has 0 atom stereocenters. The first-order valence-corrected chi connectivity index (χ1v) is 6.34. The van der Waals surface area contributed by atoms with Crippen LogP contribution in [-0.4, -0.2) is 24.3 Å². The quantitative estimate of drug-likeness (QED) is 0.355. The smallest absolute Gasteiger partial charge is 0.305 e. The standard InChI is InChI=1S/C15H19NO3/c1-4-13-12(11(2)14(10-17)16-13)8-6-5-7-9-15(18)19-3/h1,10,16H,5-9H2,2-3H3. The molecule has 0 unspecified atom stereocenters. The number of hydrogen-bond donors (Lipinski definition) is 1. The highest BCUT2D eigenvalue weighted by molar-refractivity contribution is 5.76. The maximum atomic E-state index is 10.9. The molecule has 0 saturated carbocycles. The van der Waals surface area contributed by atoms with E-state index in [2.05, 4.69) is 15.6 Å². The lowest BCUT2D eigenvalue weighted by atomic mass is 10.0. The van der Waals surface area contributed by atoms with Gasteiger partial charge in [-0.2, -0.15) is 0 Å².